The summed E-state index contributed by atoms with van der Waals surface area (Å²) < 4.78 is 25.3. The maximum Gasteiger partial charge on any atom is 0.254 e. The van der Waals surface area contributed by atoms with Crippen molar-refractivity contribution in [3.8, 4) is 0 Å². The first kappa shape index (κ1) is 6.31. The molecule has 2 unspecified atom stereocenters. The third kappa shape index (κ3) is 0.731. The molecule has 0 spiro atoms. The molecule has 0 aromatic rings. The summed E-state index contributed by atoms with van der Waals surface area (Å²) in [6.07, 6.45) is 1.50. The third-order valence-electron chi connectivity index (χ3n) is 2.38. The third-order valence-corrected chi connectivity index (χ3v) is 3.40. The molecule has 0 amide bonds. The molecule has 0 aromatic carbocycles. The normalized spacial score (nSPS) is 53.0. The highest BCUT2D eigenvalue weighted by Gasteiger charge is 2.71. The van der Waals surface area contributed by atoms with Crippen molar-refractivity contribution in [2.45, 2.75) is 22.7 Å². The van der Waals surface area contributed by atoms with Crippen LogP contribution in [0.3, 0.4) is 0 Å². The molecule has 0 saturated heterocycles. The van der Waals surface area contributed by atoms with Gasteiger partial charge in [0.05, 0.1) is 0 Å². The van der Waals surface area contributed by atoms with Crippen LogP contribution >= 0.6 is 22.6 Å². The van der Waals surface area contributed by atoms with E-state index >= 15 is 0 Å². The summed E-state index contributed by atoms with van der Waals surface area (Å²) in [5, 5.41) is 0. The Bertz CT molecular complexity index is 132. The van der Waals surface area contributed by atoms with Crippen molar-refractivity contribution >= 4 is 22.6 Å². The van der Waals surface area contributed by atoms with Crippen LogP contribution in [-0.4, -0.2) is 9.85 Å². The average molecular weight is 244 g/mol. The highest BCUT2D eigenvalue weighted by Crippen LogP contribution is 2.65. The Hall–Kier alpha value is 0.590. The average Bonchev–Trinajstić information content (AvgIpc) is 2.27. The molecular weight excluding hydrogens is 237 g/mol. The van der Waals surface area contributed by atoms with Gasteiger partial charge in [-0.05, 0) is 12.8 Å². The first-order chi connectivity index (χ1) is 4.12. The number of hydrogen-bond donors (Lipinski definition) is 0. The van der Waals surface area contributed by atoms with Gasteiger partial charge in [0.1, 0.15) is 0 Å². The molecule has 2 saturated carbocycles. The lowest BCUT2D eigenvalue weighted by Crippen LogP contribution is -2.06. The van der Waals surface area contributed by atoms with E-state index in [9.17, 15) is 8.78 Å². The quantitative estimate of drug-likeness (QED) is 0.453. The maximum atomic E-state index is 12.4. The fourth-order valence-electron chi connectivity index (χ4n) is 1.75. The second-order valence-corrected chi connectivity index (χ2v) is 4.72. The predicted octanol–water partition coefficient (Wildman–Crippen LogP) is 2.47. The van der Waals surface area contributed by atoms with E-state index in [4.69, 9.17) is 0 Å². The number of rotatable bonds is 0. The van der Waals surface area contributed by atoms with Gasteiger partial charge in [-0.25, -0.2) is 8.78 Å². The van der Waals surface area contributed by atoms with Gasteiger partial charge >= 0.3 is 0 Å². The first-order valence-corrected chi connectivity index (χ1v) is 4.39. The molecule has 2 rings (SSSR count). The van der Waals surface area contributed by atoms with Crippen molar-refractivity contribution in [1.29, 1.82) is 0 Å². The van der Waals surface area contributed by atoms with E-state index in [1.54, 1.807) is 0 Å². The van der Waals surface area contributed by atoms with Gasteiger partial charge < -0.3 is 0 Å². The van der Waals surface area contributed by atoms with E-state index in [0.29, 0.717) is 3.92 Å². The molecule has 0 bridgehead atoms. The van der Waals surface area contributed by atoms with E-state index in [1.807, 2.05) is 0 Å². The van der Waals surface area contributed by atoms with Crippen molar-refractivity contribution in [3.05, 3.63) is 0 Å². The summed E-state index contributed by atoms with van der Waals surface area (Å²) in [6, 6.07) is 0. The molecule has 2 fully saturated rings. The SMILES string of the molecule is FC1(F)C2CC(I)CC21. The van der Waals surface area contributed by atoms with Gasteiger partial charge in [-0.3, -0.25) is 0 Å². The topological polar surface area (TPSA) is 0 Å². The van der Waals surface area contributed by atoms with E-state index in [1.165, 1.54) is 0 Å². The predicted molar refractivity (Wildman–Crippen MR) is 39.0 cm³/mol. The summed E-state index contributed by atoms with van der Waals surface area (Å²) in [5.74, 6) is -2.74. The standard InChI is InChI=1S/C6H7F2I/c7-6(8)4-1-3(9)2-5(4)6/h3-5H,1-2H2. The van der Waals surface area contributed by atoms with Crippen LogP contribution in [0.25, 0.3) is 0 Å². The Morgan fingerprint density at radius 1 is 1.22 bits per heavy atom. The summed E-state index contributed by atoms with van der Waals surface area (Å²) in [4.78, 5) is 0. The van der Waals surface area contributed by atoms with E-state index < -0.39 is 5.92 Å². The molecule has 0 heterocycles. The molecule has 52 valence electrons. The number of halogens is 3. The largest absolute Gasteiger partial charge is 0.254 e. The van der Waals surface area contributed by atoms with Gasteiger partial charge in [0.15, 0.2) is 0 Å². The van der Waals surface area contributed by atoms with E-state index in [0.717, 1.165) is 12.8 Å². The summed E-state index contributed by atoms with van der Waals surface area (Å²) in [5.41, 5.74) is 0. The smallest absolute Gasteiger partial charge is 0.206 e. The monoisotopic (exact) mass is 244 g/mol. The lowest BCUT2D eigenvalue weighted by Gasteiger charge is -2.04. The minimum Gasteiger partial charge on any atom is -0.206 e. The van der Waals surface area contributed by atoms with Gasteiger partial charge in [-0.15, -0.1) is 0 Å². The molecule has 2 atom stereocenters. The second kappa shape index (κ2) is 1.60. The van der Waals surface area contributed by atoms with Crippen LogP contribution in [0.15, 0.2) is 0 Å². The number of hydrogen-bond acceptors (Lipinski definition) is 0. The molecular formula is C6H7F2I. The second-order valence-electron chi connectivity index (χ2n) is 2.96. The Morgan fingerprint density at radius 2 is 1.67 bits per heavy atom. The highest BCUT2D eigenvalue weighted by atomic mass is 127. The summed E-state index contributed by atoms with van der Waals surface area (Å²) >= 11 is 2.26. The molecule has 0 aliphatic heterocycles. The first-order valence-electron chi connectivity index (χ1n) is 3.14. The van der Waals surface area contributed by atoms with Crippen LogP contribution in [0, 0.1) is 11.8 Å². The Morgan fingerprint density at radius 3 is 2.00 bits per heavy atom. The fraction of sp³-hybridized carbons (Fsp3) is 1.00. The molecule has 0 nitrogen and oxygen atoms in total. The van der Waals surface area contributed by atoms with Gasteiger partial charge in [0, 0.05) is 15.8 Å². The Balaban J connectivity index is 2.06. The van der Waals surface area contributed by atoms with Crippen LogP contribution in [-0.2, 0) is 0 Å². The van der Waals surface area contributed by atoms with Gasteiger partial charge in [-0.1, -0.05) is 22.6 Å². The van der Waals surface area contributed by atoms with Crippen LogP contribution in [0.4, 0.5) is 8.78 Å². The molecule has 2 aliphatic rings. The van der Waals surface area contributed by atoms with Crippen molar-refractivity contribution in [2.75, 3.05) is 0 Å². The lowest BCUT2D eigenvalue weighted by molar-refractivity contribution is 0.0743. The summed E-state index contributed by atoms with van der Waals surface area (Å²) in [7, 11) is 0. The van der Waals surface area contributed by atoms with Crippen LogP contribution in [0.1, 0.15) is 12.8 Å². The lowest BCUT2D eigenvalue weighted by atomic mass is 10.2. The van der Waals surface area contributed by atoms with Crippen molar-refractivity contribution in [1.82, 2.24) is 0 Å². The molecule has 9 heavy (non-hydrogen) atoms. The Kier molecular flexibility index (Phi) is 1.12. The zero-order valence-electron chi connectivity index (χ0n) is 4.78. The summed E-state index contributed by atoms with van der Waals surface area (Å²) in [6.45, 7) is 0. The maximum absolute atomic E-state index is 12.4. The fourth-order valence-corrected chi connectivity index (χ4v) is 2.85. The Labute approximate surface area is 66.1 Å². The van der Waals surface area contributed by atoms with Crippen molar-refractivity contribution < 1.29 is 8.78 Å². The molecule has 0 aromatic heterocycles. The van der Waals surface area contributed by atoms with Crippen LogP contribution in [0.2, 0.25) is 0 Å². The van der Waals surface area contributed by atoms with E-state index in [2.05, 4.69) is 22.6 Å². The van der Waals surface area contributed by atoms with Crippen molar-refractivity contribution in [2.24, 2.45) is 11.8 Å². The molecule has 3 heteroatoms. The van der Waals surface area contributed by atoms with Gasteiger partial charge in [0.25, 0.3) is 5.92 Å². The van der Waals surface area contributed by atoms with E-state index in [-0.39, 0.29) is 11.8 Å². The molecule has 0 radical (unpaired) electrons. The van der Waals surface area contributed by atoms with Gasteiger partial charge in [0.2, 0.25) is 0 Å². The molecule has 2 aliphatic carbocycles. The van der Waals surface area contributed by atoms with Crippen molar-refractivity contribution in [3.63, 3.8) is 0 Å². The van der Waals surface area contributed by atoms with Gasteiger partial charge in [-0.2, -0.15) is 0 Å². The zero-order valence-corrected chi connectivity index (χ0v) is 6.94. The minimum absolute atomic E-state index is 0.237. The van der Waals surface area contributed by atoms with Crippen LogP contribution in [0.5, 0.6) is 0 Å². The minimum atomic E-state index is -2.26. The zero-order chi connectivity index (χ0) is 6.65. The number of alkyl halides is 3. The molecule has 0 N–H and O–H groups in total. The van der Waals surface area contributed by atoms with Crippen LogP contribution < -0.4 is 0 Å². The number of fused-ring (bicyclic) bond motifs is 1. The highest BCUT2D eigenvalue weighted by molar-refractivity contribution is 14.1.